The topological polar surface area (TPSA) is 54.5 Å². The quantitative estimate of drug-likeness (QED) is 0.607. The van der Waals surface area contributed by atoms with Crippen LogP contribution in [0.2, 0.25) is 0 Å². The lowest BCUT2D eigenvalue weighted by atomic mass is 10.1. The first kappa shape index (κ1) is 16.7. The van der Waals surface area contributed by atoms with Crippen LogP contribution in [0.5, 0.6) is 0 Å². The van der Waals surface area contributed by atoms with Crippen LogP contribution in [0.4, 0.5) is 0 Å². The monoisotopic (exact) mass is 367 g/mol. The summed E-state index contributed by atoms with van der Waals surface area (Å²) in [6, 6.07) is 7.71. The molecule has 122 valence electrons. The molecule has 1 atom stereocenters. The van der Waals surface area contributed by atoms with E-state index in [4.69, 9.17) is 12.2 Å². The van der Waals surface area contributed by atoms with Crippen LogP contribution in [0.3, 0.4) is 0 Å². The van der Waals surface area contributed by atoms with Crippen molar-refractivity contribution >= 4 is 50.1 Å². The van der Waals surface area contributed by atoms with E-state index in [2.05, 4.69) is 6.92 Å². The standard InChI is InChI=1S/C16H17NO3S3/c1-2-11-3-5-12(6-4-11)9-14-15(18)17(16(21)22-14)13-7-8-23(19,20)10-13/h3-6,9,13H,2,7-8,10H2,1H3/b14-9-. The van der Waals surface area contributed by atoms with E-state index in [1.54, 1.807) is 0 Å². The van der Waals surface area contributed by atoms with Crippen molar-refractivity contribution in [3.8, 4) is 0 Å². The average molecular weight is 368 g/mol. The zero-order valence-corrected chi connectivity index (χ0v) is 15.1. The van der Waals surface area contributed by atoms with Gasteiger partial charge in [0.2, 0.25) is 0 Å². The Morgan fingerprint density at radius 1 is 1.35 bits per heavy atom. The molecule has 23 heavy (non-hydrogen) atoms. The number of nitrogens with zero attached hydrogens (tertiary/aromatic N) is 1. The third-order valence-electron chi connectivity index (χ3n) is 4.08. The van der Waals surface area contributed by atoms with Crippen LogP contribution in [-0.4, -0.2) is 41.1 Å². The van der Waals surface area contributed by atoms with Gasteiger partial charge >= 0.3 is 0 Å². The fourth-order valence-corrected chi connectivity index (χ4v) is 5.87. The maximum Gasteiger partial charge on any atom is 0.266 e. The molecule has 1 aromatic rings. The van der Waals surface area contributed by atoms with Crippen LogP contribution < -0.4 is 0 Å². The van der Waals surface area contributed by atoms with Crippen molar-refractivity contribution in [3.63, 3.8) is 0 Å². The number of benzene rings is 1. The first-order valence-electron chi connectivity index (χ1n) is 7.46. The van der Waals surface area contributed by atoms with E-state index in [9.17, 15) is 13.2 Å². The number of rotatable bonds is 3. The summed E-state index contributed by atoms with van der Waals surface area (Å²) in [6.07, 6.45) is 3.26. The molecular weight excluding hydrogens is 350 g/mol. The van der Waals surface area contributed by atoms with Crippen LogP contribution >= 0.6 is 24.0 Å². The number of carbonyl (C=O) groups is 1. The van der Waals surface area contributed by atoms with Gasteiger partial charge in [-0.25, -0.2) is 8.42 Å². The van der Waals surface area contributed by atoms with E-state index >= 15 is 0 Å². The third-order valence-corrected chi connectivity index (χ3v) is 7.16. The molecule has 4 nitrogen and oxygen atoms in total. The van der Waals surface area contributed by atoms with E-state index in [0.717, 1.165) is 12.0 Å². The molecular formula is C16H17NO3S3. The summed E-state index contributed by atoms with van der Waals surface area (Å²) in [5.41, 5.74) is 2.19. The second kappa shape index (κ2) is 6.37. The molecule has 0 saturated carbocycles. The van der Waals surface area contributed by atoms with Crippen LogP contribution in [0.25, 0.3) is 6.08 Å². The fraction of sp³-hybridized carbons (Fsp3) is 0.375. The number of hydrogen-bond acceptors (Lipinski definition) is 5. The minimum absolute atomic E-state index is 0.0118. The highest BCUT2D eigenvalue weighted by molar-refractivity contribution is 8.26. The lowest BCUT2D eigenvalue weighted by Gasteiger charge is -2.20. The first-order valence-corrected chi connectivity index (χ1v) is 10.5. The molecule has 0 aromatic heterocycles. The third kappa shape index (κ3) is 3.51. The van der Waals surface area contributed by atoms with E-state index < -0.39 is 9.84 Å². The Morgan fingerprint density at radius 2 is 2.04 bits per heavy atom. The highest BCUT2D eigenvalue weighted by atomic mass is 32.2. The molecule has 0 bridgehead atoms. The SMILES string of the molecule is CCc1ccc(/C=C2\SC(=S)N(C3CCS(=O)(=O)C3)C2=O)cc1. The lowest BCUT2D eigenvalue weighted by molar-refractivity contribution is -0.123. The van der Waals surface area contributed by atoms with Crippen molar-refractivity contribution in [2.24, 2.45) is 0 Å². The van der Waals surface area contributed by atoms with Gasteiger partial charge in [-0.1, -0.05) is 55.2 Å². The fourth-order valence-electron chi connectivity index (χ4n) is 2.77. The summed E-state index contributed by atoms with van der Waals surface area (Å²) >= 11 is 6.54. The van der Waals surface area contributed by atoms with Gasteiger partial charge in [0.1, 0.15) is 4.32 Å². The Morgan fingerprint density at radius 3 is 2.61 bits per heavy atom. The number of carbonyl (C=O) groups excluding carboxylic acids is 1. The number of thiocarbonyl (C=S) groups is 1. The predicted octanol–water partition coefficient (Wildman–Crippen LogP) is 2.64. The predicted molar refractivity (Wildman–Crippen MR) is 97.9 cm³/mol. The van der Waals surface area contributed by atoms with E-state index in [1.165, 1.54) is 22.2 Å². The van der Waals surface area contributed by atoms with Gasteiger partial charge in [-0.15, -0.1) is 0 Å². The second-order valence-corrected chi connectivity index (χ2v) is 9.61. The number of aryl methyl sites for hydroxylation is 1. The van der Waals surface area contributed by atoms with E-state index in [1.807, 2.05) is 30.3 Å². The summed E-state index contributed by atoms with van der Waals surface area (Å²) in [4.78, 5) is 14.6. The van der Waals surface area contributed by atoms with Crippen molar-refractivity contribution in [2.45, 2.75) is 25.8 Å². The van der Waals surface area contributed by atoms with Gasteiger partial charge in [0, 0.05) is 0 Å². The minimum Gasteiger partial charge on any atom is -0.289 e. The van der Waals surface area contributed by atoms with Gasteiger partial charge in [0.15, 0.2) is 9.84 Å². The molecule has 2 heterocycles. The molecule has 1 aromatic carbocycles. The highest BCUT2D eigenvalue weighted by Gasteiger charge is 2.42. The molecule has 2 aliphatic heterocycles. The Balaban J connectivity index is 1.81. The molecule has 7 heteroatoms. The highest BCUT2D eigenvalue weighted by Crippen LogP contribution is 2.36. The molecule has 2 aliphatic rings. The van der Waals surface area contributed by atoms with Gasteiger partial charge in [-0.05, 0) is 30.0 Å². The first-order chi connectivity index (χ1) is 10.9. The van der Waals surface area contributed by atoms with Crippen LogP contribution in [0, 0.1) is 0 Å². The Hall–Kier alpha value is -1.18. The van der Waals surface area contributed by atoms with Crippen molar-refractivity contribution in [2.75, 3.05) is 11.5 Å². The molecule has 3 rings (SSSR count). The Kier molecular flexibility index (Phi) is 4.62. The summed E-state index contributed by atoms with van der Waals surface area (Å²) in [5.74, 6) is -0.0360. The molecule has 2 fully saturated rings. The van der Waals surface area contributed by atoms with Gasteiger partial charge in [-0.3, -0.25) is 9.69 Å². The number of amides is 1. The molecule has 1 amide bonds. The van der Waals surface area contributed by atoms with Gasteiger partial charge in [-0.2, -0.15) is 0 Å². The van der Waals surface area contributed by atoms with Crippen LogP contribution in [-0.2, 0) is 21.1 Å². The van der Waals surface area contributed by atoms with Crippen molar-refractivity contribution in [1.82, 2.24) is 4.90 Å². The van der Waals surface area contributed by atoms with Crippen LogP contribution in [0.15, 0.2) is 29.2 Å². The number of thioether (sulfide) groups is 1. The zero-order valence-electron chi connectivity index (χ0n) is 12.7. The van der Waals surface area contributed by atoms with Gasteiger partial charge in [0.05, 0.1) is 22.5 Å². The lowest BCUT2D eigenvalue weighted by Crippen LogP contribution is -2.39. The Bertz CT molecular complexity index is 781. The maximum absolute atomic E-state index is 12.6. The minimum atomic E-state index is -3.05. The van der Waals surface area contributed by atoms with E-state index in [0.29, 0.717) is 15.6 Å². The van der Waals surface area contributed by atoms with Crippen molar-refractivity contribution in [3.05, 3.63) is 40.3 Å². The molecule has 0 spiro atoms. The van der Waals surface area contributed by atoms with Gasteiger partial charge < -0.3 is 0 Å². The van der Waals surface area contributed by atoms with Gasteiger partial charge in [0.25, 0.3) is 5.91 Å². The molecule has 0 radical (unpaired) electrons. The molecule has 0 aliphatic carbocycles. The molecule has 2 saturated heterocycles. The summed E-state index contributed by atoms with van der Waals surface area (Å²) in [6.45, 7) is 2.09. The second-order valence-electron chi connectivity index (χ2n) is 5.70. The van der Waals surface area contributed by atoms with Crippen molar-refractivity contribution in [1.29, 1.82) is 0 Å². The number of hydrogen-bond donors (Lipinski definition) is 0. The summed E-state index contributed by atoms with van der Waals surface area (Å²) in [5, 5.41) is 0. The number of sulfone groups is 1. The van der Waals surface area contributed by atoms with Crippen LogP contribution in [0.1, 0.15) is 24.5 Å². The largest absolute Gasteiger partial charge is 0.289 e. The normalized spacial score (nSPS) is 25.5. The van der Waals surface area contributed by atoms with E-state index in [-0.39, 0.29) is 23.5 Å². The Labute approximate surface area is 145 Å². The maximum atomic E-state index is 12.6. The zero-order chi connectivity index (χ0) is 16.6. The van der Waals surface area contributed by atoms with Crippen molar-refractivity contribution < 1.29 is 13.2 Å². The molecule has 0 N–H and O–H groups in total. The summed E-state index contributed by atoms with van der Waals surface area (Å²) in [7, 11) is -3.05. The smallest absolute Gasteiger partial charge is 0.266 e. The summed E-state index contributed by atoms with van der Waals surface area (Å²) < 4.78 is 23.7. The molecule has 1 unspecified atom stereocenters. The average Bonchev–Trinajstić information content (AvgIpc) is 2.99.